The molecule has 0 amide bonds. The van der Waals surface area contributed by atoms with E-state index in [0.29, 0.717) is 5.75 Å². The molecule has 0 saturated carbocycles. The van der Waals surface area contributed by atoms with Crippen molar-refractivity contribution >= 4 is 0 Å². The Kier molecular flexibility index (Phi) is 4.46. The average molecular weight is 426 g/mol. The van der Waals surface area contributed by atoms with Crippen LogP contribution in [-0.2, 0) is 11.0 Å². The number of fused-ring (bicyclic) bond motifs is 1. The van der Waals surface area contributed by atoms with E-state index < -0.39 is 0 Å². The number of rotatable bonds is 2. The van der Waals surface area contributed by atoms with E-state index in [2.05, 4.69) is 103 Å². The zero-order valence-corrected chi connectivity index (χ0v) is 18.1. The molecule has 1 aliphatic carbocycles. The molecule has 1 aromatic heterocycles. The largest absolute Gasteiger partial charge is 1.00 e. The van der Waals surface area contributed by atoms with Gasteiger partial charge in [0.2, 0.25) is 0 Å². The molecule has 2 nitrogen and oxygen atoms in total. The van der Waals surface area contributed by atoms with Crippen LogP contribution in [0.25, 0.3) is 0 Å². The zero-order chi connectivity index (χ0) is 20.3. The summed E-state index contributed by atoms with van der Waals surface area (Å²) < 4.78 is 2.43. The van der Waals surface area contributed by atoms with Gasteiger partial charge in [0.25, 0.3) is 0 Å². The van der Waals surface area contributed by atoms with Crippen molar-refractivity contribution in [2.24, 2.45) is 0 Å². The first kappa shape index (κ1) is 19.8. The van der Waals surface area contributed by atoms with E-state index in [0.717, 1.165) is 12.0 Å². The van der Waals surface area contributed by atoms with Gasteiger partial charge in [0.15, 0.2) is 17.4 Å². The molecule has 2 unspecified atom stereocenters. The second kappa shape index (κ2) is 6.96. The number of benzene rings is 3. The molecule has 3 heterocycles. The van der Waals surface area contributed by atoms with Gasteiger partial charge in [-0.1, -0.05) is 78.9 Å². The van der Waals surface area contributed by atoms with E-state index in [9.17, 15) is 5.11 Å². The van der Waals surface area contributed by atoms with Gasteiger partial charge in [0.1, 0.15) is 5.75 Å². The predicted molar refractivity (Wildman–Crippen MR) is 118 cm³/mol. The molecule has 2 bridgehead atoms. The lowest BCUT2D eigenvalue weighted by atomic mass is 9.50. The van der Waals surface area contributed by atoms with E-state index in [4.69, 9.17) is 0 Å². The smallest absolute Gasteiger partial charge is 0.192 e. The lowest BCUT2D eigenvalue weighted by Gasteiger charge is -2.53. The highest BCUT2D eigenvalue weighted by atomic mass is 35.5. The van der Waals surface area contributed by atoms with Gasteiger partial charge in [0, 0.05) is 42.0 Å². The standard InChI is InChI=1S/C28H23NO.ClH/c1-27-19-28(20-11-4-2-5-12-20,21-13-6-3-7-14-21)26(23-16-8-9-18-29(23)27)25-22(27)15-10-17-24(25)30;/h2-18,26H,19H2,1H3;1H. The minimum atomic E-state index is -0.259. The van der Waals surface area contributed by atoms with Crippen LogP contribution in [-0.4, -0.2) is 5.11 Å². The summed E-state index contributed by atoms with van der Waals surface area (Å²) in [6.07, 6.45) is 3.14. The minimum Gasteiger partial charge on any atom is -1.00 e. The maximum Gasteiger partial charge on any atom is 0.192 e. The third-order valence-corrected chi connectivity index (χ3v) is 7.36. The highest BCUT2D eigenvalue weighted by molar-refractivity contribution is 5.59. The van der Waals surface area contributed by atoms with E-state index in [-0.39, 0.29) is 29.3 Å². The molecule has 3 heteroatoms. The second-order valence-corrected chi connectivity index (χ2v) is 8.82. The Labute approximate surface area is 189 Å². The van der Waals surface area contributed by atoms with Gasteiger partial charge in [-0.05, 0) is 17.2 Å². The average Bonchev–Trinajstić information content (AvgIpc) is 2.80. The summed E-state index contributed by atoms with van der Waals surface area (Å²) in [6.45, 7) is 2.32. The number of pyridine rings is 1. The fraction of sp³-hybridized carbons (Fsp3) is 0.179. The minimum absolute atomic E-state index is 0. The number of hydrogen-bond donors (Lipinski definition) is 1. The van der Waals surface area contributed by atoms with Crippen molar-refractivity contribution in [3.63, 3.8) is 0 Å². The van der Waals surface area contributed by atoms with Crippen LogP contribution in [0.2, 0.25) is 0 Å². The maximum atomic E-state index is 11.1. The summed E-state index contributed by atoms with van der Waals surface area (Å²) in [5.74, 6) is 0.427. The summed E-state index contributed by atoms with van der Waals surface area (Å²) >= 11 is 0. The quantitative estimate of drug-likeness (QED) is 0.489. The SMILES string of the molecule is CC12CC(c3ccccc3)(c3ccccc3)C(c3c(O)cccc31)c1cccc[n+]12.[Cl-]. The van der Waals surface area contributed by atoms with Crippen LogP contribution in [0.3, 0.4) is 0 Å². The van der Waals surface area contributed by atoms with Gasteiger partial charge in [-0.2, -0.15) is 4.57 Å². The molecule has 3 aliphatic rings. The first-order valence-electron chi connectivity index (χ1n) is 10.6. The van der Waals surface area contributed by atoms with Crippen LogP contribution in [0.1, 0.15) is 47.2 Å². The van der Waals surface area contributed by atoms with Gasteiger partial charge in [-0.3, -0.25) is 0 Å². The van der Waals surface area contributed by atoms with Crippen molar-refractivity contribution in [3.8, 4) is 5.75 Å². The Bertz CT molecular complexity index is 1220. The first-order chi connectivity index (χ1) is 14.7. The Hall–Kier alpha value is -3.10. The second-order valence-electron chi connectivity index (χ2n) is 8.82. The zero-order valence-electron chi connectivity index (χ0n) is 17.4. The van der Waals surface area contributed by atoms with Gasteiger partial charge in [-0.15, -0.1) is 0 Å². The van der Waals surface area contributed by atoms with Gasteiger partial charge < -0.3 is 17.5 Å². The van der Waals surface area contributed by atoms with Crippen LogP contribution in [0.15, 0.2) is 103 Å². The van der Waals surface area contributed by atoms with Crippen LogP contribution >= 0.6 is 0 Å². The molecule has 4 aromatic rings. The molecule has 7 rings (SSSR count). The number of phenols is 1. The van der Waals surface area contributed by atoms with Crippen molar-refractivity contribution < 1.29 is 22.1 Å². The molecule has 154 valence electrons. The van der Waals surface area contributed by atoms with E-state index >= 15 is 0 Å². The Morgan fingerprint density at radius 2 is 1.39 bits per heavy atom. The number of hydrogen-bond acceptors (Lipinski definition) is 1. The van der Waals surface area contributed by atoms with Crippen molar-refractivity contribution in [1.82, 2.24) is 0 Å². The predicted octanol–water partition coefficient (Wildman–Crippen LogP) is 2.28. The number of aromatic hydroxyl groups is 1. The van der Waals surface area contributed by atoms with Crippen molar-refractivity contribution in [3.05, 3.63) is 131 Å². The molecule has 2 aliphatic heterocycles. The fourth-order valence-corrected chi connectivity index (χ4v) is 6.24. The highest BCUT2D eigenvalue weighted by Gasteiger charge is 2.65. The van der Waals surface area contributed by atoms with Crippen LogP contribution in [0.5, 0.6) is 5.75 Å². The van der Waals surface area contributed by atoms with Crippen molar-refractivity contribution in [1.29, 1.82) is 0 Å². The van der Waals surface area contributed by atoms with E-state index in [1.165, 1.54) is 22.4 Å². The Morgan fingerprint density at radius 1 is 0.774 bits per heavy atom. The molecule has 0 radical (unpaired) electrons. The number of halogens is 1. The summed E-state index contributed by atoms with van der Waals surface area (Å²) in [4.78, 5) is 0. The number of nitrogens with zero attached hydrogens (tertiary/aromatic N) is 1. The molecule has 0 spiro atoms. The molecule has 1 N–H and O–H groups in total. The summed E-state index contributed by atoms with van der Waals surface area (Å²) in [5.41, 5.74) is 5.65. The normalized spacial score (nSPS) is 22.2. The van der Waals surface area contributed by atoms with Gasteiger partial charge >= 0.3 is 0 Å². The van der Waals surface area contributed by atoms with E-state index in [1.807, 2.05) is 12.1 Å². The third-order valence-electron chi connectivity index (χ3n) is 7.36. The van der Waals surface area contributed by atoms with Gasteiger partial charge in [-0.25, -0.2) is 0 Å². The van der Waals surface area contributed by atoms with Crippen molar-refractivity contribution in [2.75, 3.05) is 0 Å². The molecular weight excluding hydrogens is 402 g/mol. The van der Waals surface area contributed by atoms with E-state index in [1.54, 1.807) is 0 Å². The lowest BCUT2D eigenvalue weighted by molar-refractivity contribution is -0.769. The monoisotopic (exact) mass is 425 g/mol. The number of aromatic nitrogens is 1. The summed E-state index contributed by atoms with van der Waals surface area (Å²) in [5, 5.41) is 11.1. The lowest BCUT2D eigenvalue weighted by Crippen LogP contribution is -3.00. The molecule has 3 aromatic carbocycles. The van der Waals surface area contributed by atoms with Crippen LogP contribution in [0.4, 0.5) is 0 Å². The number of phenolic OH excluding ortho intramolecular Hbond substituents is 1. The summed E-state index contributed by atoms with van der Waals surface area (Å²) in [6, 6.07) is 34.2. The molecule has 0 saturated heterocycles. The molecular formula is C28H24ClNO. The van der Waals surface area contributed by atoms with Gasteiger partial charge in [0.05, 0.1) is 5.92 Å². The first-order valence-corrected chi connectivity index (χ1v) is 10.6. The maximum absolute atomic E-state index is 11.1. The highest BCUT2D eigenvalue weighted by Crippen LogP contribution is 2.62. The van der Waals surface area contributed by atoms with Crippen molar-refractivity contribution in [2.45, 2.75) is 30.2 Å². The Balaban J connectivity index is 0.00000204. The molecule has 0 fully saturated rings. The van der Waals surface area contributed by atoms with Crippen LogP contribution in [0, 0.1) is 0 Å². The molecule has 2 atom stereocenters. The summed E-state index contributed by atoms with van der Waals surface area (Å²) in [7, 11) is 0. The third kappa shape index (κ3) is 2.49. The topological polar surface area (TPSA) is 24.1 Å². The Morgan fingerprint density at radius 3 is 2.03 bits per heavy atom. The molecule has 31 heavy (non-hydrogen) atoms. The van der Waals surface area contributed by atoms with Crippen LogP contribution < -0.4 is 17.0 Å². The fourth-order valence-electron chi connectivity index (χ4n) is 6.24.